The minimum Gasteiger partial charge on any atom is -0.480 e. The van der Waals surface area contributed by atoms with Crippen LogP contribution in [0.5, 0.6) is 0 Å². The first-order chi connectivity index (χ1) is 11.5. The summed E-state index contributed by atoms with van der Waals surface area (Å²) in [6.07, 6.45) is 2.62. The molecule has 1 atom stereocenters. The first kappa shape index (κ1) is 16.6. The zero-order chi connectivity index (χ0) is 17.1. The van der Waals surface area contributed by atoms with Crippen LogP contribution < -0.4 is 0 Å². The molecule has 0 amide bonds. The van der Waals surface area contributed by atoms with Gasteiger partial charge in [-0.2, -0.15) is 4.98 Å². The van der Waals surface area contributed by atoms with Gasteiger partial charge in [-0.05, 0) is 30.9 Å². The number of benzene rings is 1. The number of piperidine rings is 1. The third kappa shape index (κ3) is 3.64. The van der Waals surface area contributed by atoms with Crippen LogP contribution >= 0.6 is 0 Å². The molecule has 1 saturated heterocycles. The summed E-state index contributed by atoms with van der Waals surface area (Å²) in [7, 11) is 0. The summed E-state index contributed by atoms with van der Waals surface area (Å²) in [6.45, 7) is 5.43. The molecule has 1 aliphatic rings. The van der Waals surface area contributed by atoms with Gasteiger partial charge in [0.05, 0.1) is 6.54 Å². The molecule has 2 heterocycles. The quantitative estimate of drug-likeness (QED) is 0.906. The standard InChI is InChI=1S/C18H23N3O3/c1-12(2)13-6-8-14(9-7-13)17-19-16(24-20-17)11-21-10-4-3-5-15(21)18(22)23/h6-9,12,15H,3-5,10-11H2,1-2H3,(H,22,23). The van der Waals surface area contributed by atoms with Gasteiger partial charge in [-0.25, -0.2) is 0 Å². The SMILES string of the molecule is CC(C)c1ccc(-c2noc(CN3CCCCC3C(=O)O)n2)cc1. The summed E-state index contributed by atoms with van der Waals surface area (Å²) in [5.74, 6) is 0.709. The lowest BCUT2D eigenvalue weighted by molar-refractivity contribution is -0.145. The van der Waals surface area contributed by atoms with Crippen molar-refractivity contribution in [2.75, 3.05) is 6.54 Å². The molecule has 24 heavy (non-hydrogen) atoms. The predicted octanol–water partition coefficient (Wildman–Crippen LogP) is 3.30. The molecule has 0 saturated carbocycles. The van der Waals surface area contributed by atoms with Gasteiger partial charge in [0.25, 0.3) is 0 Å². The van der Waals surface area contributed by atoms with Crippen LogP contribution in [0.1, 0.15) is 50.5 Å². The number of carboxylic acids is 1. The van der Waals surface area contributed by atoms with E-state index in [9.17, 15) is 9.90 Å². The second-order valence-corrected chi connectivity index (χ2v) is 6.61. The van der Waals surface area contributed by atoms with Gasteiger partial charge in [0.15, 0.2) is 0 Å². The van der Waals surface area contributed by atoms with Crippen molar-refractivity contribution in [3.63, 3.8) is 0 Å². The van der Waals surface area contributed by atoms with Crippen LogP contribution in [0, 0.1) is 0 Å². The number of likely N-dealkylation sites (tertiary alicyclic amines) is 1. The summed E-state index contributed by atoms with van der Waals surface area (Å²) in [5.41, 5.74) is 2.17. The third-order valence-electron chi connectivity index (χ3n) is 4.54. The molecule has 1 aromatic carbocycles. The molecule has 128 valence electrons. The zero-order valence-corrected chi connectivity index (χ0v) is 14.1. The molecule has 1 aliphatic heterocycles. The summed E-state index contributed by atoms with van der Waals surface area (Å²) >= 11 is 0. The molecule has 1 aromatic heterocycles. The van der Waals surface area contributed by atoms with E-state index in [1.54, 1.807) is 0 Å². The molecule has 6 nitrogen and oxygen atoms in total. The Balaban J connectivity index is 1.72. The first-order valence-corrected chi connectivity index (χ1v) is 8.44. The van der Waals surface area contributed by atoms with Gasteiger partial charge >= 0.3 is 5.97 Å². The van der Waals surface area contributed by atoms with Crippen molar-refractivity contribution in [3.05, 3.63) is 35.7 Å². The van der Waals surface area contributed by atoms with Crippen LogP contribution in [-0.4, -0.2) is 38.7 Å². The van der Waals surface area contributed by atoms with Crippen LogP contribution in [0.3, 0.4) is 0 Å². The fourth-order valence-corrected chi connectivity index (χ4v) is 3.09. The minimum absolute atomic E-state index is 0.383. The molecule has 0 radical (unpaired) electrons. The van der Waals surface area contributed by atoms with Gasteiger partial charge in [0, 0.05) is 5.56 Å². The maximum atomic E-state index is 11.4. The average molecular weight is 329 g/mol. The minimum atomic E-state index is -0.779. The van der Waals surface area contributed by atoms with Crippen molar-refractivity contribution < 1.29 is 14.4 Å². The highest BCUT2D eigenvalue weighted by Crippen LogP contribution is 2.23. The van der Waals surface area contributed by atoms with Crippen molar-refractivity contribution in [2.24, 2.45) is 0 Å². The zero-order valence-electron chi connectivity index (χ0n) is 14.1. The first-order valence-electron chi connectivity index (χ1n) is 8.44. The second kappa shape index (κ2) is 7.13. The Morgan fingerprint density at radius 3 is 2.75 bits per heavy atom. The lowest BCUT2D eigenvalue weighted by Crippen LogP contribution is -2.44. The third-order valence-corrected chi connectivity index (χ3v) is 4.54. The van der Waals surface area contributed by atoms with Gasteiger partial charge in [-0.3, -0.25) is 9.69 Å². The number of aromatic nitrogens is 2. The Morgan fingerprint density at radius 2 is 2.08 bits per heavy atom. The van der Waals surface area contributed by atoms with Gasteiger partial charge in [-0.15, -0.1) is 0 Å². The molecule has 0 aliphatic carbocycles. The summed E-state index contributed by atoms with van der Waals surface area (Å²) in [4.78, 5) is 17.7. The van der Waals surface area contributed by atoms with E-state index >= 15 is 0 Å². The second-order valence-electron chi connectivity index (χ2n) is 6.61. The van der Waals surface area contributed by atoms with Crippen LogP contribution in [0.15, 0.2) is 28.8 Å². The fraction of sp³-hybridized carbons (Fsp3) is 0.500. The predicted molar refractivity (Wildman–Crippen MR) is 89.5 cm³/mol. The van der Waals surface area contributed by atoms with E-state index in [2.05, 4.69) is 36.1 Å². The highest BCUT2D eigenvalue weighted by molar-refractivity contribution is 5.73. The Bertz CT molecular complexity index is 694. The average Bonchev–Trinajstić information content (AvgIpc) is 3.04. The van der Waals surface area contributed by atoms with Crippen LogP contribution in [-0.2, 0) is 11.3 Å². The van der Waals surface area contributed by atoms with Gasteiger partial charge in [0.1, 0.15) is 6.04 Å². The molecule has 1 unspecified atom stereocenters. The Hall–Kier alpha value is -2.21. The topological polar surface area (TPSA) is 79.5 Å². The largest absolute Gasteiger partial charge is 0.480 e. The molecular formula is C18H23N3O3. The molecule has 3 rings (SSSR count). The molecule has 0 bridgehead atoms. The van der Waals surface area contributed by atoms with Gasteiger partial charge in [-0.1, -0.05) is 49.7 Å². The number of aliphatic carboxylic acids is 1. The van der Waals surface area contributed by atoms with Crippen molar-refractivity contribution >= 4 is 5.97 Å². The fourth-order valence-electron chi connectivity index (χ4n) is 3.09. The van der Waals surface area contributed by atoms with E-state index in [1.165, 1.54) is 5.56 Å². The smallest absolute Gasteiger partial charge is 0.320 e. The number of carboxylic acid groups (broad SMARTS) is 1. The number of nitrogens with zero attached hydrogens (tertiary/aromatic N) is 3. The highest BCUT2D eigenvalue weighted by Gasteiger charge is 2.29. The summed E-state index contributed by atoms with van der Waals surface area (Å²) in [6, 6.07) is 7.66. The number of carbonyl (C=O) groups is 1. The Morgan fingerprint density at radius 1 is 1.33 bits per heavy atom. The molecule has 6 heteroatoms. The van der Waals surface area contributed by atoms with Crippen LogP contribution in [0.25, 0.3) is 11.4 Å². The summed E-state index contributed by atoms with van der Waals surface area (Å²) < 4.78 is 5.33. The van der Waals surface area contributed by atoms with E-state index in [0.717, 1.165) is 24.9 Å². The molecule has 1 N–H and O–H groups in total. The molecule has 2 aromatic rings. The molecule has 1 fully saturated rings. The normalized spacial score (nSPS) is 18.9. The van der Waals surface area contributed by atoms with E-state index in [1.807, 2.05) is 17.0 Å². The highest BCUT2D eigenvalue weighted by atomic mass is 16.5. The summed E-state index contributed by atoms with van der Waals surface area (Å²) in [5, 5.41) is 13.4. The lowest BCUT2D eigenvalue weighted by Gasteiger charge is -2.31. The number of hydrogen-bond acceptors (Lipinski definition) is 5. The number of rotatable bonds is 5. The molecular weight excluding hydrogens is 306 g/mol. The number of hydrogen-bond donors (Lipinski definition) is 1. The van der Waals surface area contributed by atoms with Crippen molar-refractivity contribution in [1.29, 1.82) is 0 Å². The van der Waals surface area contributed by atoms with Crippen molar-refractivity contribution in [2.45, 2.75) is 51.6 Å². The lowest BCUT2D eigenvalue weighted by atomic mass is 10.0. The van der Waals surface area contributed by atoms with Crippen molar-refractivity contribution in [1.82, 2.24) is 15.0 Å². The van der Waals surface area contributed by atoms with Crippen LogP contribution in [0.4, 0.5) is 0 Å². The van der Waals surface area contributed by atoms with E-state index in [4.69, 9.17) is 4.52 Å². The van der Waals surface area contributed by atoms with Gasteiger partial charge in [0.2, 0.25) is 11.7 Å². The maximum absolute atomic E-state index is 11.4. The van der Waals surface area contributed by atoms with Gasteiger partial charge < -0.3 is 9.63 Å². The van der Waals surface area contributed by atoms with Crippen molar-refractivity contribution in [3.8, 4) is 11.4 Å². The van der Waals surface area contributed by atoms with E-state index < -0.39 is 12.0 Å². The Kier molecular flexibility index (Phi) is 4.94. The molecule has 0 spiro atoms. The Labute approximate surface area is 141 Å². The maximum Gasteiger partial charge on any atom is 0.320 e. The van der Waals surface area contributed by atoms with E-state index in [0.29, 0.717) is 30.6 Å². The van der Waals surface area contributed by atoms with E-state index in [-0.39, 0.29) is 0 Å². The van der Waals surface area contributed by atoms with Crippen LogP contribution in [0.2, 0.25) is 0 Å². The monoisotopic (exact) mass is 329 g/mol.